The fourth-order valence-corrected chi connectivity index (χ4v) is 3.89. The highest BCUT2D eigenvalue weighted by atomic mass is 32.1. The Bertz CT molecular complexity index is 838. The monoisotopic (exact) mass is 344 g/mol. The molecule has 0 fully saturated rings. The Balaban J connectivity index is 1.88. The van der Waals surface area contributed by atoms with Crippen molar-refractivity contribution in [2.75, 3.05) is 12.4 Å². The van der Waals surface area contributed by atoms with E-state index in [1.54, 1.807) is 18.4 Å². The van der Waals surface area contributed by atoms with Crippen LogP contribution in [0.15, 0.2) is 35.0 Å². The molecule has 3 rings (SSSR count). The number of anilines is 1. The van der Waals surface area contributed by atoms with Crippen LogP contribution in [0.3, 0.4) is 0 Å². The number of carbonyl (C=O) groups is 1. The van der Waals surface area contributed by atoms with Gasteiger partial charge in [0.2, 0.25) is 0 Å². The van der Waals surface area contributed by atoms with E-state index in [4.69, 9.17) is 4.74 Å². The number of hydrogen-bond donors (Lipinski definition) is 1. The number of thiophene rings is 1. The van der Waals surface area contributed by atoms with Gasteiger partial charge in [0.15, 0.2) is 0 Å². The summed E-state index contributed by atoms with van der Waals surface area (Å²) < 4.78 is 5.31. The predicted molar refractivity (Wildman–Crippen MR) is 95.8 cm³/mol. The molecule has 1 aromatic carbocycles. The van der Waals surface area contributed by atoms with Gasteiger partial charge in [0, 0.05) is 10.9 Å². The quantitative estimate of drug-likeness (QED) is 0.743. The molecule has 6 heteroatoms. The number of nitrogens with one attached hydrogen (secondary N) is 1. The standard InChI is InChI=1S/C17H16N2O2S2/c1-10-4-5-14(21-3)13(8-10)19-16(20)15-11(2)18-17(23-15)12-6-7-22-9-12/h4-9H,1-3H3,(H,19,20). The zero-order chi connectivity index (χ0) is 16.4. The summed E-state index contributed by atoms with van der Waals surface area (Å²) in [6, 6.07) is 7.70. The number of methoxy groups -OCH3 is 1. The summed E-state index contributed by atoms with van der Waals surface area (Å²) in [7, 11) is 1.59. The molecular formula is C17H16N2O2S2. The summed E-state index contributed by atoms with van der Waals surface area (Å²) in [6.07, 6.45) is 0. The molecule has 1 N–H and O–H groups in total. The number of ether oxygens (including phenoxy) is 1. The highest BCUT2D eigenvalue weighted by Crippen LogP contribution is 2.31. The van der Waals surface area contributed by atoms with Crippen LogP contribution in [0.4, 0.5) is 5.69 Å². The van der Waals surface area contributed by atoms with Crippen molar-refractivity contribution in [2.24, 2.45) is 0 Å². The van der Waals surface area contributed by atoms with Gasteiger partial charge in [0.1, 0.15) is 15.6 Å². The van der Waals surface area contributed by atoms with E-state index in [0.717, 1.165) is 21.8 Å². The predicted octanol–water partition coefficient (Wildman–Crippen LogP) is 4.75. The molecule has 0 radical (unpaired) electrons. The average molecular weight is 344 g/mol. The van der Waals surface area contributed by atoms with E-state index in [0.29, 0.717) is 16.3 Å². The lowest BCUT2D eigenvalue weighted by Gasteiger charge is -2.10. The molecule has 0 aliphatic heterocycles. The van der Waals surface area contributed by atoms with Crippen molar-refractivity contribution >= 4 is 34.3 Å². The minimum atomic E-state index is -0.162. The fourth-order valence-electron chi connectivity index (χ4n) is 2.22. The molecule has 4 nitrogen and oxygen atoms in total. The highest BCUT2D eigenvalue weighted by Gasteiger charge is 2.18. The van der Waals surface area contributed by atoms with E-state index in [2.05, 4.69) is 10.3 Å². The highest BCUT2D eigenvalue weighted by molar-refractivity contribution is 7.17. The number of nitrogens with zero attached hydrogens (tertiary/aromatic N) is 1. The lowest BCUT2D eigenvalue weighted by Crippen LogP contribution is -2.12. The van der Waals surface area contributed by atoms with Gasteiger partial charge in [-0.15, -0.1) is 11.3 Å². The second-order valence-corrected chi connectivity index (χ2v) is 6.88. The third kappa shape index (κ3) is 3.28. The van der Waals surface area contributed by atoms with Crippen LogP contribution in [0, 0.1) is 13.8 Å². The van der Waals surface area contributed by atoms with Crippen molar-refractivity contribution < 1.29 is 9.53 Å². The molecule has 23 heavy (non-hydrogen) atoms. The van der Waals surface area contributed by atoms with Gasteiger partial charge in [-0.1, -0.05) is 6.07 Å². The van der Waals surface area contributed by atoms with E-state index in [1.807, 2.05) is 48.9 Å². The Morgan fingerprint density at radius 3 is 2.78 bits per heavy atom. The van der Waals surface area contributed by atoms with Crippen LogP contribution in [0.2, 0.25) is 0 Å². The Hall–Kier alpha value is -2.18. The van der Waals surface area contributed by atoms with Crippen LogP contribution in [0.1, 0.15) is 20.9 Å². The number of carbonyl (C=O) groups excluding carboxylic acids is 1. The molecule has 118 valence electrons. The number of rotatable bonds is 4. The zero-order valence-corrected chi connectivity index (χ0v) is 14.7. The minimum absolute atomic E-state index is 0.162. The Morgan fingerprint density at radius 2 is 2.09 bits per heavy atom. The normalized spacial score (nSPS) is 10.6. The average Bonchev–Trinajstić information content (AvgIpc) is 3.16. The van der Waals surface area contributed by atoms with Crippen molar-refractivity contribution in [1.29, 1.82) is 0 Å². The van der Waals surface area contributed by atoms with E-state index in [1.165, 1.54) is 11.3 Å². The third-order valence-corrected chi connectivity index (χ3v) is 5.26. The van der Waals surface area contributed by atoms with E-state index >= 15 is 0 Å². The summed E-state index contributed by atoms with van der Waals surface area (Å²) in [6.45, 7) is 3.83. The molecular weight excluding hydrogens is 328 g/mol. The molecule has 2 heterocycles. The molecule has 3 aromatic rings. The zero-order valence-electron chi connectivity index (χ0n) is 13.0. The molecule has 0 bridgehead atoms. The van der Waals surface area contributed by atoms with Crippen molar-refractivity contribution in [3.05, 3.63) is 51.2 Å². The van der Waals surface area contributed by atoms with Gasteiger partial charge in [-0.05, 0) is 43.0 Å². The molecule has 0 atom stereocenters. The third-order valence-electron chi connectivity index (χ3n) is 3.37. The van der Waals surface area contributed by atoms with Crippen LogP contribution in [-0.2, 0) is 0 Å². The van der Waals surface area contributed by atoms with Gasteiger partial charge >= 0.3 is 0 Å². The van der Waals surface area contributed by atoms with E-state index in [-0.39, 0.29) is 5.91 Å². The smallest absolute Gasteiger partial charge is 0.267 e. The van der Waals surface area contributed by atoms with Gasteiger partial charge in [-0.2, -0.15) is 11.3 Å². The molecule has 0 aliphatic carbocycles. The summed E-state index contributed by atoms with van der Waals surface area (Å²) >= 11 is 3.02. The van der Waals surface area contributed by atoms with Crippen LogP contribution in [0.5, 0.6) is 5.75 Å². The largest absolute Gasteiger partial charge is 0.495 e. The topological polar surface area (TPSA) is 51.2 Å². The van der Waals surface area contributed by atoms with Gasteiger partial charge in [-0.3, -0.25) is 4.79 Å². The van der Waals surface area contributed by atoms with Gasteiger partial charge in [-0.25, -0.2) is 4.98 Å². The number of aryl methyl sites for hydroxylation is 2. The second-order valence-electron chi connectivity index (χ2n) is 5.10. The van der Waals surface area contributed by atoms with Crippen molar-refractivity contribution in [3.8, 4) is 16.3 Å². The number of hydrogen-bond acceptors (Lipinski definition) is 5. The maximum absolute atomic E-state index is 12.6. The molecule has 0 saturated heterocycles. The Morgan fingerprint density at radius 1 is 1.26 bits per heavy atom. The first-order valence-corrected chi connectivity index (χ1v) is 8.80. The summed E-state index contributed by atoms with van der Waals surface area (Å²) in [5.41, 5.74) is 3.51. The summed E-state index contributed by atoms with van der Waals surface area (Å²) in [5, 5.41) is 7.83. The number of amides is 1. The number of thiazole rings is 1. The Kier molecular flexibility index (Phi) is 4.45. The SMILES string of the molecule is COc1ccc(C)cc1NC(=O)c1sc(-c2ccsc2)nc1C. The molecule has 0 unspecified atom stereocenters. The van der Waals surface area contributed by atoms with Gasteiger partial charge < -0.3 is 10.1 Å². The van der Waals surface area contributed by atoms with Crippen LogP contribution >= 0.6 is 22.7 Å². The maximum Gasteiger partial charge on any atom is 0.267 e. The molecule has 0 spiro atoms. The molecule has 2 aromatic heterocycles. The van der Waals surface area contributed by atoms with Gasteiger partial charge in [0.05, 0.1) is 18.5 Å². The van der Waals surface area contributed by atoms with Crippen molar-refractivity contribution in [2.45, 2.75) is 13.8 Å². The van der Waals surface area contributed by atoms with Crippen molar-refractivity contribution in [1.82, 2.24) is 4.98 Å². The second kappa shape index (κ2) is 6.52. The van der Waals surface area contributed by atoms with E-state index in [9.17, 15) is 4.79 Å². The molecule has 0 saturated carbocycles. The number of aromatic nitrogens is 1. The first-order chi connectivity index (χ1) is 11.1. The summed E-state index contributed by atoms with van der Waals surface area (Å²) in [5.74, 6) is 0.481. The Labute approximate surface area is 142 Å². The maximum atomic E-state index is 12.6. The van der Waals surface area contributed by atoms with E-state index < -0.39 is 0 Å². The molecule has 1 amide bonds. The van der Waals surface area contributed by atoms with Crippen LogP contribution < -0.4 is 10.1 Å². The fraction of sp³-hybridized carbons (Fsp3) is 0.176. The van der Waals surface area contributed by atoms with Gasteiger partial charge in [0.25, 0.3) is 5.91 Å². The van der Waals surface area contributed by atoms with Crippen LogP contribution in [0.25, 0.3) is 10.6 Å². The lowest BCUT2D eigenvalue weighted by molar-refractivity contribution is 0.102. The molecule has 0 aliphatic rings. The lowest BCUT2D eigenvalue weighted by atomic mass is 10.2. The summed E-state index contributed by atoms with van der Waals surface area (Å²) in [4.78, 5) is 17.7. The van der Waals surface area contributed by atoms with Crippen LogP contribution in [-0.4, -0.2) is 18.0 Å². The first kappa shape index (κ1) is 15.7. The first-order valence-electron chi connectivity index (χ1n) is 7.04. The van der Waals surface area contributed by atoms with Crippen molar-refractivity contribution in [3.63, 3.8) is 0 Å². The minimum Gasteiger partial charge on any atom is -0.495 e. The number of benzene rings is 1.